The molecule has 4 atom stereocenters. The van der Waals surface area contributed by atoms with Gasteiger partial charge in [-0.3, -0.25) is 19.1 Å². The molecule has 1 aliphatic rings. The molecular weight excluding hydrogens is 351 g/mol. The third-order valence-corrected chi connectivity index (χ3v) is 5.29. The molecule has 2 rings (SSSR count). The minimum Gasteiger partial charge on any atom is -0.419 e. The van der Waals surface area contributed by atoms with Gasteiger partial charge in [0, 0.05) is 6.92 Å². The summed E-state index contributed by atoms with van der Waals surface area (Å²) in [6, 6.07) is 0. The molecule has 10 heteroatoms. The SMILES string of the molecule is C=P(C)(C)CC[C@H]1O[C@@H](n2cc(OC(C)=O)c(=O)[nH]c2=O)[C@H](O)[C@@H]1O. The number of aliphatic hydroxyl groups is 2. The van der Waals surface area contributed by atoms with Crippen molar-refractivity contribution in [3.05, 3.63) is 27.0 Å². The van der Waals surface area contributed by atoms with E-state index in [1.54, 1.807) is 0 Å². The lowest BCUT2D eigenvalue weighted by molar-refractivity contribution is -0.132. The molecule has 0 radical (unpaired) electrons. The van der Waals surface area contributed by atoms with Crippen molar-refractivity contribution in [2.24, 2.45) is 0 Å². The zero-order valence-electron chi connectivity index (χ0n) is 14.3. The fraction of sp³-hybridized carbons (Fsp3) is 0.600. The first-order valence-corrected chi connectivity index (χ1v) is 10.8. The number of aliphatic hydroxyl groups excluding tert-OH is 2. The molecule has 9 nitrogen and oxygen atoms in total. The molecule has 25 heavy (non-hydrogen) atoms. The highest BCUT2D eigenvalue weighted by atomic mass is 31.2. The number of aromatic amines is 1. The summed E-state index contributed by atoms with van der Waals surface area (Å²) >= 11 is 0. The van der Waals surface area contributed by atoms with Crippen molar-refractivity contribution in [2.75, 3.05) is 19.5 Å². The van der Waals surface area contributed by atoms with Gasteiger partial charge in [0.05, 0.1) is 12.3 Å². The van der Waals surface area contributed by atoms with Gasteiger partial charge in [-0.15, -0.1) is 13.2 Å². The Balaban J connectivity index is 2.29. The lowest BCUT2D eigenvalue weighted by Gasteiger charge is -2.19. The summed E-state index contributed by atoms with van der Waals surface area (Å²) in [5.74, 6) is -1.13. The van der Waals surface area contributed by atoms with Gasteiger partial charge >= 0.3 is 11.7 Å². The monoisotopic (exact) mass is 374 g/mol. The second-order valence-corrected chi connectivity index (χ2v) is 11.1. The summed E-state index contributed by atoms with van der Waals surface area (Å²) in [5.41, 5.74) is -1.72. The first-order valence-electron chi connectivity index (χ1n) is 7.72. The lowest BCUT2D eigenvalue weighted by Crippen LogP contribution is -2.38. The van der Waals surface area contributed by atoms with E-state index in [-0.39, 0.29) is 0 Å². The average Bonchev–Trinajstić information content (AvgIpc) is 2.75. The highest BCUT2D eigenvalue weighted by Gasteiger charge is 2.44. The van der Waals surface area contributed by atoms with Crippen molar-refractivity contribution < 1.29 is 24.5 Å². The fourth-order valence-electron chi connectivity index (χ4n) is 2.56. The van der Waals surface area contributed by atoms with Crippen LogP contribution in [0.3, 0.4) is 0 Å². The maximum absolute atomic E-state index is 12.0. The maximum atomic E-state index is 12.0. The largest absolute Gasteiger partial charge is 0.419 e. The topological polar surface area (TPSA) is 131 Å². The van der Waals surface area contributed by atoms with Gasteiger partial charge in [0.15, 0.2) is 6.23 Å². The number of rotatable bonds is 5. The molecule has 0 amide bonds. The number of nitrogens with zero attached hydrogens (tertiary/aromatic N) is 1. The summed E-state index contributed by atoms with van der Waals surface area (Å²) in [6.45, 7) is 3.85. The fourth-order valence-corrected chi connectivity index (χ4v) is 3.51. The molecule has 3 N–H and O–H groups in total. The van der Waals surface area contributed by atoms with Crippen LogP contribution in [0.1, 0.15) is 19.6 Å². The summed E-state index contributed by atoms with van der Waals surface area (Å²) in [7, 11) is 0. The van der Waals surface area contributed by atoms with E-state index in [2.05, 4.69) is 6.30 Å². The number of hydrogen-bond donors (Lipinski definition) is 3. The number of H-pyrrole nitrogens is 1. The summed E-state index contributed by atoms with van der Waals surface area (Å²) < 4.78 is 11.3. The minimum absolute atomic E-state index is 0.398. The summed E-state index contributed by atoms with van der Waals surface area (Å²) in [4.78, 5) is 36.7. The molecule has 140 valence electrons. The average molecular weight is 374 g/mol. The molecule has 1 saturated heterocycles. The van der Waals surface area contributed by atoms with E-state index in [0.717, 1.165) is 23.8 Å². The highest BCUT2D eigenvalue weighted by molar-refractivity contribution is 7.72. The van der Waals surface area contributed by atoms with E-state index < -0.39 is 54.4 Å². The van der Waals surface area contributed by atoms with Crippen molar-refractivity contribution in [3.63, 3.8) is 0 Å². The Kier molecular flexibility index (Phi) is 5.73. The van der Waals surface area contributed by atoms with E-state index in [1.807, 2.05) is 18.3 Å². The van der Waals surface area contributed by atoms with E-state index in [0.29, 0.717) is 6.42 Å². The van der Waals surface area contributed by atoms with Gasteiger partial charge in [-0.05, 0) is 25.9 Å². The molecular formula is C15H23N2O7P. The molecule has 0 spiro atoms. The van der Waals surface area contributed by atoms with Gasteiger partial charge < -0.3 is 19.7 Å². The van der Waals surface area contributed by atoms with Crippen molar-refractivity contribution in [2.45, 2.75) is 37.9 Å². The van der Waals surface area contributed by atoms with Crippen molar-refractivity contribution in [1.29, 1.82) is 0 Å². The maximum Gasteiger partial charge on any atom is 0.330 e. The molecule has 2 heterocycles. The number of carbonyl (C=O) groups excluding carboxylic acids is 1. The zero-order valence-corrected chi connectivity index (χ0v) is 15.2. The van der Waals surface area contributed by atoms with E-state index >= 15 is 0 Å². The molecule has 1 aromatic heterocycles. The van der Waals surface area contributed by atoms with Crippen LogP contribution in [0.4, 0.5) is 0 Å². The number of aromatic nitrogens is 2. The molecule has 0 aromatic carbocycles. The van der Waals surface area contributed by atoms with Crippen LogP contribution in [0.2, 0.25) is 0 Å². The number of nitrogens with one attached hydrogen (secondary N) is 1. The van der Waals surface area contributed by atoms with Gasteiger partial charge in [-0.1, -0.05) is 0 Å². The predicted octanol–water partition coefficient (Wildman–Crippen LogP) is -0.820. The van der Waals surface area contributed by atoms with Crippen molar-refractivity contribution in [1.82, 2.24) is 9.55 Å². The number of esters is 1. The smallest absolute Gasteiger partial charge is 0.330 e. The second kappa shape index (κ2) is 7.29. The van der Waals surface area contributed by atoms with Gasteiger partial charge in [0.25, 0.3) is 5.56 Å². The second-order valence-electron chi connectivity index (χ2n) is 6.75. The standard InChI is InChI=1S/C15H23N2O7P/c1-8(18)23-10-7-17(15(22)16-13(10)21)14-12(20)11(19)9(24-14)5-6-25(2,3)4/h7,9,11-12,14,19-20H,2,5-6H2,1,3-4H3,(H,16,21,22)/t9-,11-,12-,14-/m1/s1. The van der Waals surface area contributed by atoms with Crippen LogP contribution < -0.4 is 16.0 Å². The Morgan fingerprint density at radius 2 is 2.04 bits per heavy atom. The van der Waals surface area contributed by atoms with Gasteiger partial charge in [-0.25, -0.2) is 4.79 Å². The molecule has 0 unspecified atom stereocenters. The molecule has 1 fully saturated rings. The van der Waals surface area contributed by atoms with Gasteiger partial charge in [-0.2, -0.15) is 0 Å². The van der Waals surface area contributed by atoms with Crippen molar-refractivity contribution in [3.8, 4) is 5.75 Å². The Morgan fingerprint density at radius 3 is 2.60 bits per heavy atom. The summed E-state index contributed by atoms with van der Waals surface area (Å²) in [5, 5.41) is 20.4. The van der Waals surface area contributed by atoms with Crippen LogP contribution in [0, 0.1) is 0 Å². The van der Waals surface area contributed by atoms with Crippen LogP contribution in [0.5, 0.6) is 5.75 Å². The van der Waals surface area contributed by atoms with Crippen LogP contribution in [0.25, 0.3) is 0 Å². The summed E-state index contributed by atoms with van der Waals surface area (Å²) in [6.07, 6.45) is 1.87. The van der Waals surface area contributed by atoms with Crippen LogP contribution in [0.15, 0.2) is 15.8 Å². The molecule has 0 aliphatic carbocycles. The normalized spacial score (nSPS) is 26.6. The highest BCUT2D eigenvalue weighted by Crippen LogP contribution is 2.39. The first kappa shape index (κ1) is 19.7. The lowest BCUT2D eigenvalue weighted by atomic mass is 10.1. The van der Waals surface area contributed by atoms with E-state index in [4.69, 9.17) is 9.47 Å². The van der Waals surface area contributed by atoms with Gasteiger partial charge in [0.1, 0.15) is 12.2 Å². The molecule has 0 bridgehead atoms. The van der Waals surface area contributed by atoms with Crippen LogP contribution in [-0.4, -0.2) is 69.8 Å². The molecule has 1 aliphatic heterocycles. The van der Waals surface area contributed by atoms with Crippen LogP contribution in [-0.2, 0) is 9.53 Å². The number of hydrogen-bond acceptors (Lipinski definition) is 7. The minimum atomic E-state index is -1.37. The van der Waals surface area contributed by atoms with Crippen molar-refractivity contribution >= 4 is 19.2 Å². The zero-order chi connectivity index (χ0) is 18.9. The quantitative estimate of drug-likeness (QED) is 0.453. The third-order valence-electron chi connectivity index (χ3n) is 3.82. The van der Waals surface area contributed by atoms with Crippen LogP contribution >= 0.6 is 6.89 Å². The first-order chi connectivity index (χ1) is 11.5. The number of ether oxygens (including phenoxy) is 2. The molecule has 1 aromatic rings. The van der Waals surface area contributed by atoms with E-state index in [9.17, 15) is 24.6 Å². The Labute approximate surface area is 144 Å². The van der Waals surface area contributed by atoms with Gasteiger partial charge in [0.2, 0.25) is 5.75 Å². The Hall–Kier alpha value is -1.67. The van der Waals surface area contributed by atoms with E-state index in [1.165, 1.54) is 0 Å². The predicted molar refractivity (Wildman–Crippen MR) is 93.9 cm³/mol. The number of carbonyl (C=O) groups is 1. The Morgan fingerprint density at radius 1 is 1.40 bits per heavy atom. The third kappa shape index (κ3) is 4.70. The molecule has 0 saturated carbocycles. The Bertz CT molecular complexity index is 809.